The van der Waals surface area contributed by atoms with Crippen molar-refractivity contribution in [3.63, 3.8) is 0 Å². The minimum absolute atomic E-state index is 0.162. The molecule has 150 valence electrons. The summed E-state index contributed by atoms with van der Waals surface area (Å²) in [4.78, 5) is 33.2. The quantitative estimate of drug-likeness (QED) is 0.198. The summed E-state index contributed by atoms with van der Waals surface area (Å²) in [5, 5.41) is 17.4. The summed E-state index contributed by atoms with van der Waals surface area (Å²) in [5.74, 6) is -2.08. The Hall–Kier alpha value is -1.89. The van der Waals surface area contributed by atoms with Crippen molar-refractivity contribution >= 4 is 17.9 Å². The van der Waals surface area contributed by atoms with Gasteiger partial charge >= 0.3 is 17.9 Å². The Balaban J connectivity index is 3.85. The second-order valence-electron chi connectivity index (χ2n) is 7.54. The summed E-state index contributed by atoms with van der Waals surface area (Å²) in [5.41, 5.74) is 0. The van der Waals surface area contributed by atoms with Gasteiger partial charge in [0.25, 0.3) is 0 Å². The van der Waals surface area contributed by atoms with Crippen molar-refractivity contribution in [2.24, 2.45) is 0 Å². The number of nitrogens with zero attached hydrogens (tertiary/aromatic N) is 1. The first-order valence-corrected chi connectivity index (χ1v) is 9.18. The summed E-state index contributed by atoms with van der Waals surface area (Å²) < 4.78 is 5.87. The number of hydrogen-bond acceptors (Lipinski definition) is 4. The van der Waals surface area contributed by atoms with Crippen molar-refractivity contribution in [1.82, 2.24) is 0 Å². The van der Waals surface area contributed by atoms with Crippen LogP contribution >= 0.6 is 0 Å². The SMILES string of the molecule is C[N+](C)(C)CC(CC(=O)O)OC(=O)CCCCCC/C=C/CCC(=O)O. The predicted octanol–water partition coefficient (Wildman–Crippen LogP) is 2.84. The third-order valence-electron chi connectivity index (χ3n) is 3.64. The second kappa shape index (κ2) is 13.3. The Morgan fingerprint density at radius 2 is 1.50 bits per heavy atom. The topological polar surface area (TPSA) is 101 Å². The number of esters is 1. The molecular weight excluding hydrogens is 338 g/mol. The molecule has 0 saturated heterocycles. The Morgan fingerprint density at radius 3 is 2.08 bits per heavy atom. The van der Waals surface area contributed by atoms with Crippen LogP contribution in [-0.2, 0) is 19.1 Å². The molecule has 0 heterocycles. The maximum atomic E-state index is 11.9. The Bertz CT molecular complexity index is 467. The average molecular weight is 372 g/mol. The lowest BCUT2D eigenvalue weighted by Gasteiger charge is -2.28. The van der Waals surface area contributed by atoms with Crippen LogP contribution in [0.4, 0.5) is 0 Å². The molecule has 0 rings (SSSR count). The normalized spacial score (nSPS) is 12.9. The van der Waals surface area contributed by atoms with Crippen molar-refractivity contribution in [3.05, 3.63) is 12.2 Å². The number of carbonyl (C=O) groups is 3. The van der Waals surface area contributed by atoms with Crippen molar-refractivity contribution in [2.45, 2.75) is 63.9 Å². The molecule has 0 aromatic rings. The molecule has 0 radical (unpaired) electrons. The molecule has 0 aliphatic rings. The zero-order valence-electron chi connectivity index (χ0n) is 16.3. The number of carbonyl (C=O) groups excluding carboxylic acids is 1. The van der Waals surface area contributed by atoms with Gasteiger partial charge < -0.3 is 19.4 Å². The van der Waals surface area contributed by atoms with Crippen LogP contribution in [0.5, 0.6) is 0 Å². The van der Waals surface area contributed by atoms with Gasteiger partial charge in [-0.25, -0.2) is 0 Å². The molecule has 0 amide bonds. The molecule has 7 nitrogen and oxygen atoms in total. The van der Waals surface area contributed by atoms with E-state index < -0.39 is 18.0 Å². The first-order valence-electron chi connectivity index (χ1n) is 9.18. The van der Waals surface area contributed by atoms with Gasteiger partial charge in [0.1, 0.15) is 6.54 Å². The van der Waals surface area contributed by atoms with Gasteiger partial charge in [-0.3, -0.25) is 14.4 Å². The van der Waals surface area contributed by atoms with Gasteiger partial charge in [0.2, 0.25) is 0 Å². The van der Waals surface area contributed by atoms with E-state index in [1.54, 1.807) is 0 Å². The Morgan fingerprint density at radius 1 is 0.885 bits per heavy atom. The van der Waals surface area contributed by atoms with E-state index in [-0.39, 0.29) is 18.8 Å². The minimum Gasteiger partial charge on any atom is -0.481 e. The number of likely N-dealkylation sites (N-methyl/N-ethyl adjacent to an activating group) is 1. The Kier molecular flexibility index (Phi) is 12.4. The molecule has 1 unspecified atom stereocenters. The van der Waals surface area contributed by atoms with Gasteiger partial charge in [-0.2, -0.15) is 0 Å². The van der Waals surface area contributed by atoms with Crippen LogP contribution in [0.15, 0.2) is 12.2 Å². The van der Waals surface area contributed by atoms with Gasteiger partial charge in [0.15, 0.2) is 6.10 Å². The number of allylic oxidation sites excluding steroid dienone is 2. The van der Waals surface area contributed by atoms with E-state index >= 15 is 0 Å². The van der Waals surface area contributed by atoms with Gasteiger partial charge in [0, 0.05) is 12.8 Å². The molecule has 0 bridgehead atoms. The molecular formula is C19H34NO6+. The van der Waals surface area contributed by atoms with Crippen LogP contribution in [0.3, 0.4) is 0 Å². The number of hydrogen-bond donors (Lipinski definition) is 2. The molecule has 0 aliphatic carbocycles. The summed E-state index contributed by atoms with van der Waals surface area (Å²) in [6.45, 7) is 0.465. The Labute approximate surface area is 156 Å². The molecule has 0 fully saturated rings. The van der Waals surface area contributed by atoms with E-state index in [2.05, 4.69) is 0 Å². The maximum absolute atomic E-state index is 11.9. The lowest BCUT2D eigenvalue weighted by atomic mass is 10.1. The summed E-state index contributed by atoms with van der Waals surface area (Å²) in [6, 6.07) is 0. The fraction of sp³-hybridized carbons (Fsp3) is 0.737. The molecule has 0 aromatic carbocycles. The van der Waals surface area contributed by atoms with E-state index in [9.17, 15) is 14.4 Å². The first kappa shape index (κ1) is 24.1. The number of ether oxygens (including phenoxy) is 1. The highest BCUT2D eigenvalue weighted by molar-refractivity contribution is 5.71. The molecule has 1 atom stereocenters. The number of rotatable bonds is 15. The monoisotopic (exact) mass is 372 g/mol. The van der Waals surface area contributed by atoms with Crippen LogP contribution < -0.4 is 0 Å². The third-order valence-corrected chi connectivity index (χ3v) is 3.64. The molecule has 7 heteroatoms. The molecule has 26 heavy (non-hydrogen) atoms. The lowest BCUT2D eigenvalue weighted by Crippen LogP contribution is -2.43. The first-order chi connectivity index (χ1) is 12.1. The van der Waals surface area contributed by atoms with E-state index in [4.69, 9.17) is 14.9 Å². The van der Waals surface area contributed by atoms with Crippen molar-refractivity contribution in [1.29, 1.82) is 0 Å². The van der Waals surface area contributed by atoms with Crippen molar-refractivity contribution in [3.8, 4) is 0 Å². The molecule has 0 spiro atoms. The molecule has 0 saturated carbocycles. The van der Waals surface area contributed by atoms with Crippen LogP contribution in [0, 0.1) is 0 Å². The van der Waals surface area contributed by atoms with Crippen LogP contribution in [0.2, 0.25) is 0 Å². The maximum Gasteiger partial charge on any atom is 0.307 e. The van der Waals surface area contributed by atoms with Crippen molar-refractivity contribution < 1.29 is 33.8 Å². The van der Waals surface area contributed by atoms with Crippen LogP contribution in [0.1, 0.15) is 57.8 Å². The predicted molar refractivity (Wildman–Crippen MR) is 98.7 cm³/mol. The van der Waals surface area contributed by atoms with E-state index in [0.717, 1.165) is 32.1 Å². The molecule has 2 N–H and O–H groups in total. The zero-order valence-corrected chi connectivity index (χ0v) is 16.3. The van der Waals surface area contributed by atoms with Crippen molar-refractivity contribution in [2.75, 3.05) is 27.7 Å². The van der Waals surface area contributed by atoms with Gasteiger partial charge in [-0.1, -0.05) is 25.0 Å². The number of carboxylic acids is 2. The average Bonchev–Trinajstić information content (AvgIpc) is 2.46. The second-order valence-corrected chi connectivity index (χ2v) is 7.54. The number of unbranched alkanes of at least 4 members (excludes halogenated alkanes) is 4. The van der Waals surface area contributed by atoms with E-state index in [0.29, 0.717) is 23.9 Å². The smallest absolute Gasteiger partial charge is 0.307 e. The van der Waals surface area contributed by atoms with Crippen LogP contribution in [-0.4, -0.2) is 66.4 Å². The summed E-state index contributed by atoms with van der Waals surface area (Å²) in [6.07, 6.45) is 8.70. The largest absolute Gasteiger partial charge is 0.481 e. The van der Waals surface area contributed by atoms with Gasteiger partial charge in [-0.15, -0.1) is 0 Å². The van der Waals surface area contributed by atoms with E-state index in [1.165, 1.54) is 0 Å². The number of quaternary nitrogens is 1. The molecule has 0 aromatic heterocycles. The standard InChI is InChI=1S/C19H33NO6/c1-20(2,3)15-16(14-18(23)24)26-19(25)13-11-9-7-5-4-6-8-10-12-17(21)22/h6,8,16H,4-5,7,9-15H2,1-3H3,(H-,21,22,23,24)/p+1/b8-6+. The highest BCUT2D eigenvalue weighted by Crippen LogP contribution is 2.10. The highest BCUT2D eigenvalue weighted by atomic mass is 16.5. The van der Waals surface area contributed by atoms with Crippen LogP contribution in [0.25, 0.3) is 0 Å². The lowest BCUT2D eigenvalue weighted by molar-refractivity contribution is -0.873. The fourth-order valence-electron chi connectivity index (χ4n) is 2.52. The summed E-state index contributed by atoms with van der Waals surface area (Å²) >= 11 is 0. The molecule has 0 aliphatic heterocycles. The number of aliphatic carboxylic acids is 2. The van der Waals surface area contributed by atoms with Gasteiger partial charge in [-0.05, 0) is 25.7 Å². The van der Waals surface area contributed by atoms with E-state index in [1.807, 2.05) is 33.3 Å². The zero-order chi connectivity index (χ0) is 20.0. The third kappa shape index (κ3) is 17.0. The summed E-state index contributed by atoms with van der Waals surface area (Å²) in [7, 11) is 5.79. The van der Waals surface area contributed by atoms with Gasteiger partial charge in [0.05, 0.1) is 27.6 Å². The highest BCUT2D eigenvalue weighted by Gasteiger charge is 2.24. The minimum atomic E-state index is -0.965. The fourth-order valence-corrected chi connectivity index (χ4v) is 2.52. The number of carboxylic acid groups (broad SMARTS) is 2.